The number of nitrogens with one attached hydrogen (secondary N) is 2. The van der Waals surface area contributed by atoms with Crippen molar-refractivity contribution in [3.05, 3.63) is 0 Å². The maximum Gasteiger partial charge on any atom is 0.324 e. The van der Waals surface area contributed by atoms with Crippen LogP contribution in [0.4, 0.5) is 5.95 Å². The van der Waals surface area contributed by atoms with Gasteiger partial charge in [0.15, 0.2) is 0 Å². The largest absolute Gasteiger partial charge is 0.467 e. The van der Waals surface area contributed by atoms with Crippen molar-refractivity contribution in [2.45, 2.75) is 13.8 Å². The fraction of sp³-hybridized carbons (Fsp3) is 0.636. The molecular weight excluding hydrogens is 250 g/mol. The molecular formula is C11H19N5O3. The number of carbonyl (C=O) groups is 1. The summed E-state index contributed by atoms with van der Waals surface area (Å²) in [5.41, 5.74) is -0.595. The molecule has 2 N–H and O–H groups in total. The maximum atomic E-state index is 11.6. The van der Waals surface area contributed by atoms with Crippen LogP contribution in [-0.4, -0.2) is 48.7 Å². The third kappa shape index (κ3) is 3.94. The minimum Gasteiger partial charge on any atom is -0.467 e. The number of aromatic nitrogens is 3. The van der Waals surface area contributed by atoms with E-state index in [1.807, 2.05) is 13.8 Å². The van der Waals surface area contributed by atoms with Crippen molar-refractivity contribution in [3.8, 4) is 12.0 Å². The Hall–Kier alpha value is -2.12. The van der Waals surface area contributed by atoms with E-state index in [-0.39, 0.29) is 17.9 Å². The molecule has 1 aromatic rings. The topological polar surface area (TPSA) is 98.3 Å². The van der Waals surface area contributed by atoms with Gasteiger partial charge in [0, 0.05) is 13.6 Å². The molecule has 1 aromatic heterocycles. The van der Waals surface area contributed by atoms with Gasteiger partial charge in [-0.2, -0.15) is 9.97 Å². The molecule has 0 atom stereocenters. The van der Waals surface area contributed by atoms with E-state index in [1.54, 1.807) is 7.05 Å². The van der Waals surface area contributed by atoms with Gasteiger partial charge in [-0.15, -0.1) is 4.98 Å². The molecule has 1 heterocycles. The average Bonchev–Trinajstić information content (AvgIpc) is 2.43. The molecule has 1 amide bonds. The smallest absolute Gasteiger partial charge is 0.324 e. The summed E-state index contributed by atoms with van der Waals surface area (Å²) in [5.74, 6) is 0.216. The molecule has 0 aliphatic rings. The van der Waals surface area contributed by atoms with Crippen LogP contribution in [0.3, 0.4) is 0 Å². The first-order valence-electron chi connectivity index (χ1n) is 5.73. The molecule has 0 spiro atoms. The van der Waals surface area contributed by atoms with Gasteiger partial charge in [0.25, 0.3) is 0 Å². The van der Waals surface area contributed by atoms with Crippen LogP contribution in [0, 0.1) is 5.41 Å². The molecule has 1 rings (SSSR count). The molecule has 8 heteroatoms. The van der Waals surface area contributed by atoms with Crippen LogP contribution in [0.2, 0.25) is 0 Å². The number of nitrogens with zero attached hydrogens (tertiary/aromatic N) is 3. The lowest BCUT2D eigenvalue weighted by atomic mass is 9.92. The van der Waals surface area contributed by atoms with Crippen LogP contribution in [0.5, 0.6) is 12.0 Å². The summed E-state index contributed by atoms with van der Waals surface area (Å²) in [7, 11) is 4.50. The molecule has 106 valence electrons. The monoisotopic (exact) mass is 269 g/mol. The molecule has 0 aliphatic heterocycles. The Balaban J connectivity index is 2.80. The minimum atomic E-state index is -0.595. The van der Waals surface area contributed by atoms with Crippen LogP contribution in [-0.2, 0) is 4.79 Å². The molecule has 8 nitrogen and oxygen atoms in total. The average molecular weight is 269 g/mol. The van der Waals surface area contributed by atoms with E-state index < -0.39 is 5.41 Å². The fourth-order valence-corrected chi connectivity index (χ4v) is 1.32. The summed E-state index contributed by atoms with van der Waals surface area (Å²) < 4.78 is 9.87. The Bertz CT molecular complexity index is 428. The van der Waals surface area contributed by atoms with E-state index in [1.165, 1.54) is 14.2 Å². The number of ether oxygens (including phenoxy) is 2. The third-order valence-corrected chi connectivity index (χ3v) is 2.49. The van der Waals surface area contributed by atoms with Crippen LogP contribution in [0.25, 0.3) is 0 Å². The Morgan fingerprint density at radius 1 is 1.16 bits per heavy atom. The normalized spacial score (nSPS) is 10.8. The van der Waals surface area contributed by atoms with E-state index in [2.05, 4.69) is 25.6 Å². The molecule has 0 fully saturated rings. The van der Waals surface area contributed by atoms with Gasteiger partial charge in [0.05, 0.1) is 19.6 Å². The van der Waals surface area contributed by atoms with Gasteiger partial charge in [0.2, 0.25) is 11.9 Å². The number of hydrogen-bond acceptors (Lipinski definition) is 7. The van der Waals surface area contributed by atoms with E-state index in [4.69, 9.17) is 9.47 Å². The second kappa shape index (κ2) is 6.17. The molecule has 0 aliphatic carbocycles. The zero-order chi connectivity index (χ0) is 14.5. The highest BCUT2D eigenvalue weighted by atomic mass is 16.5. The van der Waals surface area contributed by atoms with Crippen molar-refractivity contribution >= 4 is 11.9 Å². The predicted molar refractivity (Wildman–Crippen MR) is 69.3 cm³/mol. The Labute approximate surface area is 111 Å². The molecule has 0 saturated carbocycles. The van der Waals surface area contributed by atoms with Gasteiger partial charge >= 0.3 is 12.0 Å². The SMILES string of the molecule is CNC(=O)C(C)(C)CNc1nc(OC)nc(OC)n1. The zero-order valence-corrected chi connectivity index (χ0v) is 11.8. The van der Waals surface area contributed by atoms with Gasteiger partial charge < -0.3 is 20.1 Å². The molecule has 0 saturated heterocycles. The highest BCUT2D eigenvalue weighted by Gasteiger charge is 2.26. The Morgan fingerprint density at radius 3 is 2.11 bits per heavy atom. The van der Waals surface area contributed by atoms with Crippen molar-refractivity contribution in [2.75, 3.05) is 33.1 Å². The first-order chi connectivity index (χ1) is 8.92. The van der Waals surface area contributed by atoms with Gasteiger partial charge in [-0.25, -0.2) is 0 Å². The summed E-state index contributed by atoms with van der Waals surface area (Å²) in [6.07, 6.45) is 0. The summed E-state index contributed by atoms with van der Waals surface area (Å²) in [4.78, 5) is 23.6. The third-order valence-electron chi connectivity index (χ3n) is 2.49. The molecule has 0 aromatic carbocycles. The minimum absolute atomic E-state index is 0.0759. The predicted octanol–water partition coefficient (Wildman–Crippen LogP) is 0.0729. The lowest BCUT2D eigenvalue weighted by Gasteiger charge is -2.22. The highest BCUT2D eigenvalue weighted by Crippen LogP contribution is 2.17. The van der Waals surface area contributed by atoms with Crippen molar-refractivity contribution in [2.24, 2.45) is 5.41 Å². The maximum absolute atomic E-state index is 11.6. The molecule has 0 unspecified atom stereocenters. The van der Waals surface area contributed by atoms with Crippen LogP contribution in [0.1, 0.15) is 13.8 Å². The van der Waals surface area contributed by atoms with Crippen LogP contribution in [0.15, 0.2) is 0 Å². The van der Waals surface area contributed by atoms with E-state index in [9.17, 15) is 4.79 Å². The second-order valence-electron chi connectivity index (χ2n) is 4.45. The first kappa shape index (κ1) is 14.9. The number of carbonyl (C=O) groups excluding carboxylic acids is 1. The number of rotatable bonds is 6. The quantitative estimate of drug-likeness (QED) is 0.754. The van der Waals surface area contributed by atoms with Crippen LogP contribution < -0.4 is 20.1 Å². The summed E-state index contributed by atoms with van der Waals surface area (Å²) in [6.45, 7) is 3.99. The number of methoxy groups -OCH3 is 2. The van der Waals surface area contributed by atoms with Crippen molar-refractivity contribution in [1.29, 1.82) is 0 Å². The summed E-state index contributed by atoms with van der Waals surface area (Å²) in [5, 5.41) is 5.57. The van der Waals surface area contributed by atoms with Gasteiger partial charge in [-0.3, -0.25) is 4.79 Å². The van der Waals surface area contributed by atoms with E-state index in [0.717, 1.165) is 0 Å². The van der Waals surface area contributed by atoms with Gasteiger partial charge in [-0.05, 0) is 13.8 Å². The van der Waals surface area contributed by atoms with E-state index >= 15 is 0 Å². The number of amides is 1. The van der Waals surface area contributed by atoms with Gasteiger partial charge in [0.1, 0.15) is 0 Å². The zero-order valence-electron chi connectivity index (χ0n) is 11.8. The van der Waals surface area contributed by atoms with Crippen LogP contribution >= 0.6 is 0 Å². The summed E-state index contributed by atoms with van der Waals surface area (Å²) >= 11 is 0. The van der Waals surface area contributed by atoms with Crippen molar-refractivity contribution < 1.29 is 14.3 Å². The Kier molecular flexibility index (Phi) is 4.85. The van der Waals surface area contributed by atoms with Crippen molar-refractivity contribution in [1.82, 2.24) is 20.3 Å². The molecule has 0 radical (unpaired) electrons. The number of hydrogen-bond donors (Lipinski definition) is 2. The standard InChI is InChI=1S/C11H19N5O3/c1-11(2,7(17)12-3)6-13-8-14-9(18-4)16-10(15-8)19-5/h6H2,1-5H3,(H,12,17)(H,13,14,15,16). The van der Waals surface area contributed by atoms with Crippen molar-refractivity contribution in [3.63, 3.8) is 0 Å². The Morgan fingerprint density at radius 2 is 1.68 bits per heavy atom. The van der Waals surface area contributed by atoms with Gasteiger partial charge in [-0.1, -0.05) is 0 Å². The summed E-state index contributed by atoms with van der Waals surface area (Å²) in [6, 6.07) is 0.291. The second-order valence-corrected chi connectivity index (χ2v) is 4.45. The molecule has 19 heavy (non-hydrogen) atoms. The van der Waals surface area contributed by atoms with E-state index in [0.29, 0.717) is 12.5 Å². The lowest BCUT2D eigenvalue weighted by molar-refractivity contribution is -0.128. The molecule has 0 bridgehead atoms. The lowest BCUT2D eigenvalue weighted by Crippen LogP contribution is -2.39. The highest BCUT2D eigenvalue weighted by molar-refractivity contribution is 5.82. The fourth-order valence-electron chi connectivity index (χ4n) is 1.32. The first-order valence-corrected chi connectivity index (χ1v) is 5.73. The number of anilines is 1.